The van der Waals surface area contributed by atoms with Crippen LogP contribution in [0.1, 0.15) is 27.7 Å². The Morgan fingerprint density at radius 2 is 2.19 bits per heavy atom. The summed E-state index contributed by atoms with van der Waals surface area (Å²) in [5, 5.41) is 1.92. The van der Waals surface area contributed by atoms with Crippen molar-refractivity contribution in [2.24, 2.45) is 0 Å². The van der Waals surface area contributed by atoms with Crippen LogP contribution >= 0.6 is 45.9 Å². The van der Waals surface area contributed by atoms with Gasteiger partial charge in [0.05, 0.1) is 14.8 Å². The SMILES string of the molecule is CCc1ccsc1C(=O)c1cc(Cl)sc1Cl. The molecule has 84 valence electrons. The first-order valence-electron chi connectivity index (χ1n) is 4.69. The molecule has 0 aromatic carbocycles. The van der Waals surface area contributed by atoms with Gasteiger partial charge in [0.2, 0.25) is 5.78 Å². The van der Waals surface area contributed by atoms with E-state index in [9.17, 15) is 4.79 Å². The second-order valence-corrected chi connectivity index (χ2v) is 6.40. The van der Waals surface area contributed by atoms with Gasteiger partial charge in [-0.1, -0.05) is 30.1 Å². The van der Waals surface area contributed by atoms with Crippen LogP contribution in [0, 0.1) is 0 Å². The summed E-state index contributed by atoms with van der Waals surface area (Å²) in [6, 6.07) is 3.61. The molecule has 0 aliphatic rings. The van der Waals surface area contributed by atoms with Crippen LogP contribution in [0.3, 0.4) is 0 Å². The van der Waals surface area contributed by atoms with Gasteiger partial charge < -0.3 is 0 Å². The maximum absolute atomic E-state index is 12.2. The zero-order chi connectivity index (χ0) is 11.7. The van der Waals surface area contributed by atoms with E-state index < -0.39 is 0 Å². The average Bonchev–Trinajstić information content (AvgIpc) is 2.83. The van der Waals surface area contributed by atoms with Crippen molar-refractivity contribution in [1.82, 2.24) is 0 Å². The zero-order valence-corrected chi connectivity index (χ0v) is 11.6. The van der Waals surface area contributed by atoms with Crippen molar-refractivity contribution in [1.29, 1.82) is 0 Å². The van der Waals surface area contributed by atoms with E-state index in [1.54, 1.807) is 6.07 Å². The van der Waals surface area contributed by atoms with Gasteiger partial charge in [-0.15, -0.1) is 22.7 Å². The van der Waals surface area contributed by atoms with Crippen LogP contribution < -0.4 is 0 Å². The molecule has 5 heteroatoms. The van der Waals surface area contributed by atoms with E-state index in [0.717, 1.165) is 16.9 Å². The topological polar surface area (TPSA) is 17.1 Å². The molecule has 0 amide bonds. The molecule has 0 saturated carbocycles. The Morgan fingerprint density at radius 3 is 2.75 bits per heavy atom. The fourth-order valence-corrected chi connectivity index (χ4v) is 3.84. The molecule has 0 bridgehead atoms. The Bertz CT molecular complexity index is 528. The molecular formula is C11H8Cl2OS2. The summed E-state index contributed by atoms with van der Waals surface area (Å²) in [4.78, 5) is 13.0. The van der Waals surface area contributed by atoms with E-state index >= 15 is 0 Å². The van der Waals surface area contributed by atoms with Crippen LogP contribution in [-0.4, -0.2) is 5.78 Å². The Labute approximate surface area is 112 Å². The van der Waals surface area contributed by atoms with E-state index in [2.05, 4.69) is 0 Å². The summed E-state index contributed by atoms with van der Waals surface area (Å²) in [5.41, 5.74) is 1.57. The summed E-state index contributed by atoms with van der Waals surface area (Å²) in [5.74, 6) is -0.0278. The van der Waals surface area contributed by atoms with Gasteiger partial charge in [-0.25, -0.2) is 0 Å². The molecule has 0 saturated heterocycles. The number of halogens is 2. The molecule has 0 fully saturated rings. The lowest BCUT2D eigenvalue weighted by Gasteiger charge is -1.99. The molecule has 2 aromatic heterocycles. The monoisotopic (exact) mass is 290 g/mol. The van der Waals surface area contributed by atoms with Crippen molar-refractivity contribution in [3.8, 4) is 0 Å². The number of aryl methyl sites for hydroxylation is 1. The lowest BCUT2D eigenvalue weighted by Crippen LogP contribution is -2.00. The van der Waals surface area contributed by atoms with Crippen LogP contribution in [0.25, 0.3) is 0 Å². The molecule has 0 aliphatic carbocycles. The zero-order valence-electron chi connectivity index (χ0n) is 8.42. The van der Waals surface area contributed by atoms with Crippen molar-refractivity contribution in [3.05, 3.63) is 42.2 Å². The smallest absolute Gasteiger partial charge is 0.205 e. The Balaban J connectivity index is 2.43. The molecule has 0 unspecified atom stereocenters. The summed E-state index contributed by atoms with van der Waals surface area (Å²) < 4.78 is 1.01. The largest absolute Gasteiger partial charge is 0.288 e. The molecular weight excluding hydrogens is 283 g/mol. The van der Waals surface area contributed by atoms with Gasteiger partial charge in [0.25, 0.3) is 0 Å². The van der Waals surface area contributed by atoms with Gasteiger partial charge in [0, 0.05) is 0 Å². The molecule has 1 nitrogen and oxygen atoms in total. The van der Waals surface area contributed by atoms with E-state index in [1.165, 1.54) is 22.7 Å². The number of ketones is 1. The highest BCUT2D eigenvalue weighted by Crippen LogP contribution is 2.34. The molecule has 0 N–H and O–H groups in total. The van der Waals surface area contributed by atoms with Gasteiger partial charge in [-0.05, 0) is 29.5 Å². The van der Waals surface area contributed by atoms with Crippen molar-refractivity contribution >= 4 is 51.7 Å². The van der Waals surface area contributed by atoms with E-state index in [0.29, 0.717) is 14.2 Å². The quantitative estimate of drug-likeness (QED) is 0.734. The third-order valence-corrected chi connectivity index (χ3v) is 4.68. The van der Waals surface area contributed by atoms with Crippen molar-refractivity contribution < 1.29 is 4.79 Å². The lowest BCUT2D eigenvalue weighted by molar-refractivity contribution is 0.104. The molecule has 16 heavy (non-hydrogen) atoms. The van der Waals surface area contributed by atoms with Crippen LogP contribution in [0.15, 0.2) is 17.5 Å². The normalized spacial score (nSPS) is 10.7. The molecule has 0 spiro atoms. The second kappa shape index (κ2) is 4.88. The number of hydrogen-bond acceptors (Lipinski definition) is 3. The highest BCUT2D eigenvalue weighted by Gasteiger charge is 2.19. The minimum absolute atomic E-state index is 0.0278. The van der Waals surface area contributed by atoms with Gasteiger partial charge in [-0.3, -0.25) is 4.79 Å². The fourth-order valence-electron chi connectivity index (χ4n) is 1.43. The summed E-state index contributed by atoms with van der Waals surface area (Å²) in [6.07, 6.45) is 0.847. The highest BCUT2D eigenvalue weighted by atomic mass is 35.5. The van der Waals surface area contributed by atoms with Crippen LogP contribution in [0.5, 0.6) is 0 Å². The second-order valence-electron chi connectivity index (χ2n) is 3.20. The third kappa shape index (κ3) is 2.18. The average molecular weight is 291 g/mol. The minimum Gasteiger partial charge on any atom is -0.288 e. The predicted molar refractivity (Wildman–Crippen MR) is 71.5 cm³/mol. The van der Waals surface area contributed by atoms with Crippen LogP contribution in [0.4, 0.5) is 0 Å². The number of rotatable bonds is 3. The van der Waals surface area contributed by atoms with Crippen molar-refractivity contribution in [2.75, 3.05) is 0 Å². The van der Waals surface area contributed by atoms with Crippen molar-refractivity contribution in [2.45, 2.75) is 13.3 Å². The number of carbonyl (C=O) groups is 1. The van der Waals surface area contributed by atoms with Crippen LogP contribution in [0.2, 0.25) is 8.67 Å². The fraction of sp³-hybridized carbons (Fsp3) is 0.182. The molecule has 2 heterocycles. The first-order valence-corrected chi connectivity index (χ1v) is 7.14. The van der Waals surface area contributed by atoms with Crippen molar-refractivity contribution in [3.63, 3.8) is 0 Å². The maximum Gasteiger partial charge on any atom is 0.205 e. The van der Waals surface area contributed by atoms with Crippen LogP contribution in [-0.2, 0) is 6.42 Å². The summed E-state index contributed by atoms with van der Waals surface area (Å²) in [6.45, 7) is 2.03. The van der Waals surface area contributed by atoms with E-state index in [1.807, 2.05) is 18.4 Å². The lowest BCUT2D eigenvalue weighted by atomic mass is 10.1. The Kier molecular flexibility index (Phi) is 3.70. The Hall–Kier alpha value is -0.350. The van der Waals surface area contributed by atoms with E-state index in [4.69, 9.17) is 23.2 Å². The minimum atomic E-state index is -0.0278. The summed E-state index contributed by atoms with van der Waals surface area (Å²) in [7, 11) is 0. The molecule has 0 aliphatic heterocycles. The Morgan fingerprint density at radius 1 is 1.44 bits per heavy atom. The van der Waals surface area contributed by atoms with Gasteiger partial charge in [0.1, 0.15) is 4.34 Å². The molecule has 2 aromatic rings. The first kappa shape index (κ1) is 12.1. The maximum atomic E-state index is 12.2. The summed E-state index contributed by atoms with van der Waals surface area (Å²) >= 11 is 14.5. The molecule has 0 radical (unpaired) electrons. The van der Waals surface area contributed by atoms with E-state index in [-0.39, 0.29) is 5.78 Å². The molecule has 0 atom stereocenters. The van der Waals surface area contributed by atoms with Gasteiger partial charge >= 0.3 is 0 Å². The molecule has 2 rings (SSSR count). The first-order chi connectivity index (χ1) is 7.63. The highest BCUT2D eigenvalue weighted by molar-refractivity contribution is 7.20. The predicted octanol–water partition coefficient (Wildman–Crippen LogP) is 4.91. The number of thiophene rings is 2. The van der Waals surface area contributed by atoms with Gasteiger partial charge in [0.15, 0.2) is 0 Å². The number of carbonyl (C=O) groups excluding carboxylic acids is 1. The number of hydrogen-bond donors (Lipinski definition) is 0. The van der Waals surface area contributed by atoms with Gasteiger partial charge in [-0.2, -0.15) is 0 Å². The standard InChI is InChI=1S/C11H8Cl2OS2/c1-2-6-3-4-15-10(6)9(14)7-5-8(12)16-11(7)13/h3-5H,2H2,1H3. The third-order valence-electron chi connectivity index (χ3n) is 2.24.